The van der Waals surface area contributed by atoms with Gasteiger partial charge in [-0.2, -0.15) is 0 Å². The average molecular weight is 325 g/mol. The van der Waals surface area contributed by atoms with Crippen molar-refractivity contribution in [3.05, 3.63) is 44.6 Å². The van der Waals surface area contributed by atoms with Crippen LogP contribution in [0.4, 0.5) is 10.1 Å². The predicted octanol–water partition coefficient (Wildman–Crippen LogP) is 3.23. The molecule has 1 aromatic heterocycles. The highest BCUT2D eigenvalue weighted by Gasteiger charge is 2.37. The fourth-order valence-corrected chi connectivity index (χ4v) is 3.09. The van der Waals surface area contributed by atoms with Crippen LogP contribution in [0.15, 0.2) is 17.5 Å². The molecule has 108 valence electrons. The average Bonchev–Trinajstić information content (AvgIpc) is 3.01. The van der Waals surface area contributed by atoms with Crippen molar-refractivity contribution in [3.8, 4) is 0 Å². The SMILES string of the molecule is CCc1nc(CN2C(=O)C(=O)c3cc(Cl)c(F)cc32)cs1. The number of nitrogens with zero attached hydrogens (tertiary/aromatic N) is 2. The number of aryl methyl sites for hydroxylation is 1. The Bertz CT molecular complexity index is 759. The Morgan fingerprint density at radius 3 is 2.81 bits per heavy atom. The van der Waals surface area contributed by atoms with Crippen molar-refractivity contribution in [3.63, 3.8) is 0 Å². The molecule has 0 radical (unpaired) electrons. The van der Waals surface area contributed by atoms with Gasteiger partial charge in [0.05, 0.1) is 33.5 Å². The number of hydrogen-bond acceptors (Lipinski definition) is 4. The van der Waals surface area contributed by atoms with Crippen LogP contribution < -0.4 is 4.90 Å². The maximum Gasteiger partial charge on any atom is 0.299 e. The summed E-state index contributed by atoms with van der Waals surface area (Å²) in [6, 6.07) is 2.32. The molecule has 1 amide bonds. The minimum Gasteiger partial charge on any atom is -0.299 e. The Labute approximate surface area is 129 Å². The molecule has 4 nitrogen and oxygen atoms in total. The first-order valence-electron chi connectivity index (χ1n) is 6.29. The monoisotopic (exact) mass is 324 g/mol. The molecule has 2 heterocycles. The van der Waals surface area contributed by atoms with E-state index in [4.69, 9.17) is 11.6 Å². The molecule has 0 fully saturated rings. The fraction of sp³-hybridized carbons (Fsp3) is 0.214. The van der Waals surface area contributed by atoms with Crippen LogP contribution in [0.25, 0.3) is 0 Å². The topological polar surface area (TPSA) is 50.3 Å². The van der Waals surface area contributed by atoms with E-state index in [9.17, 15) is 14.0 Å². The Kier molecular flexibility index (Phi) is 3.51. The summed E-state index contributed by atoms with van der Waals surface area (Å²) in [6.45, 7) is 2.13. The number of amides is 1. The van der Waals surface area contributed by atoms with E-state index in [1.807, 2.05) is 12.3 Å². The van der Waals surface area contributed by atoms with Gasteiger partial charge in [0.15, 0.2) is 0 Å². The first-order valence-corrected chi connectivity index (χ1v) is 7.55. The van der Waals surface area contributed by atoms with Gasteiger partial charge in [0.25, 0.3) is 11.7 Å². The predicted molar refractivity (Wildman–Crippen MR) is 78.4 cm³/mol. The van der Waals surface area contributed by atoms with Gasteiger partial charge in [-0.05, 0) is 18.6 Å². The summed E-state index contributed by atoms with van der Waals surface area (Å²) in [4.78, 5) is 29.6. The number of carbonyl (C=O) groups is 2. The van der Waals surface area contributed by atoms with Gasteiger partial charge in [0, 0.05) is 5.38 Å². The second-order valence-corrected chi connectivity index (χ2v) is 5.94. The molecule has 0 atom stereocenters. The number of aromatic nitrogens is 1. The van der Waals surface area contributed by atoms with Crippen molar-refractivity contribution in [2.75, 3.05) is 4.90 Å². The maximum atomic E-state index is 13.6. The van der Waals surface area contributed by atoms with Crippen molar-refractivity contribution < 1.29 is 14.0 Å². The van der Waals surface area contributed by atoms with Gasteiger partial charge in [-0.15, -0.1) is 11.3 Å². The molecule has 1 aliphatic rings. The van der Waals surface area contributed by atoms with Crippen molar-refractivity contribution >= 4 is 40.3 Å². The fourth-order valence-electron chi connectivity index (χ4n) is 2.19. The number of rotatable bonds is 3. The molecule has 3 rings (SSSR count). The Hall–Kier alpha value is -1.79. The van der Waals surface area contributed by atoms with Gasteiger partial charge in [0.2, 0.25) is 0 Å². The van der Waals surface area contributed by atoms with Crippen LogP contribution in [0, 0.1) is 5.82 Å². The lowest BCUT2D eigenvalue weighted by molar-refractivity contribution is -0.114. The molecule has 7 heteroatoms. The normalized spacial score (nSPS) is 14.0. The molecule has 0 bridgehead atoms. The van der Waals surface area contributed by atoms with Crippen LogP contribution in [-0.4, -0.2) is 16.7 Å². The highest BCUT2D eigenvalue weighted by atomic mass is 35.5. The number of ketones is 1. The van der Waals surface area contributed by atoms with E-state index in [-0.39, 0.29) is 22.8 Å². The summed E-state index contributed by atoms with van der Waals surface area (Å²) in [5.41, 5.74) is 1.07. The number of anilines is 1. The molecule has 2 aromatic rings. The van der Waals surface area contributed by atoms with Crippen LogP contribution in [0.1, 0.15) is 28.0 Å². The summed E-state index contributed by atoms with van der Waals surface area (Å²) in [5, 5.41) is 2.62. The van der Waals surface area contributed by atoms with Gasteiger partial charge < -0.3 is 0 Å². The quantitative estimate of drug-likeness (QED) is 0.814. The molecule has 0 saturated carbocycles. The Morgan fingerprint density at radius 1 is 1.38 bits per heavy atom. The third-order valence-corrected chi connectivity index (χ3v) is 4.57. The van der Waals surface area contributed by atoms with E-state index < -0.39 is 17.5 Å². The molecule has 1 aliphatic heterocycles. The lowest BCUT2D eigenvalue weighted by Gasteiger charge is -2.15. The highest BCUT2D eigenvalue weighted by molar-refractivity contribution is 7.09. The van der Waals surface area contributed by atoms with E-state index in [1.165, 1.54) is 22.3 Å². The molecule has 0 aliphatic carbocycles. The zero-order valence-corrected chi connectivity index (χ0v) is 12.6. The van der Waals surface area contributed by atoms with Gasteiger partial charge in [-0.1, -0.05) is 18.5 Å². The second kappa shape index (κ2) is 5.20. The molecule has 0 spiro atoms. The minimum absolute atomic E-state index is 0.136. The molecule has 21 heavy (non-hydrogen) atoms. The van der Waals surface area contributed by atoms with E-state index in [0.717, 1.165) is 17.5 Å². The molecule has 0 unspecified atom stereocenters. The smallest absolute Gasteiger partial charge is 0.299 e. The van der Waals surface area contributed by atoms with Crippen molar-refractivity contribution in [1.82, 2.24) is 4.98 Å². The number of benzene rings is 1. The summed E-state index contributed by atoms with van der Waals surface area (Å²) in [7, 11) is 0. The van der Waals surface area contributed by atoms with E-state index >= 15 is 0 Å². The van der Waals surface area contributed by atoms with E-state index in [1.54, 1.807) is 0 Å². The number of carbonyl (C=O) groups excluding carboxylic acids is 2. The Morgan fingerprint density at radius 2 is 2.14 bits per heavy atom. The van der Waals surface area contributed by atoms with Crippen LogP contribution in [0.5, 0.6) is 0 Å². The third kappa shape index (κ3) is 2.34. The lowest BCUT2D eigenvalue weighted by Crippen LogP contribution is -2.29. The van der Waals surface area contributed by atoms with Gasteiger partial charge >= 0.3 is 0 Å². The van der Waals surface area contributed by atoms with Crippen LogP contribution in [0.2, 0.25) is 5.02 Å². The lowest BCUT2D eigenvalue weighted by atomic mass is 10.1. The summed E-state index contributed by atoms with van der Waals surface area (Å²) >= 11 is 7.16. The van der Waals surface area contributed by atoms with Crippen LogP contribution in [-0.2, 0) is 17.8 Å². The number of halogens is 2. The minimum atomic E-state index is -0.683. The molecular formula is C14H10ClFN2O2S. The molecular weight excluding hydrogens is 315 g/mol. The van der Waals surface area contributed by atoms with Crippen LogP contribution >= 0.6 is 22.9 Å². The molecule has 0 saturated heterocycles. The van der Waals surface area contributed by atoms with E-state index in [2.05, 4.69) is 4.98 Å². The standard InChI is InChI=1S/C14H10ClFN2O2S/c1-2-12-17-7(6-21-12)5-18-11-4-10(16)9(15)3-8(11)13(19)14(18)20/h3-4,6H,2,5H2,1H3. The van der Waals surface area contributed by atoms with Crippen molar-refractivity contribution in [2.24, 2.45) is 0 Å². The third-order valence-electron chi connectivity index (χ3n) is 3.24. The highest BCUT2D eigenvalue weighted by Crippen LogP contribution is 2.34. The summed E-state index contributed by atoms with van der Waals surface area (Å²) in [5.74, 6) is -2.01. The summed E-state index contributed by atoms with van der Waals surface area (Å²) in [6.07, 6.45) is 0.804. The largest absolute Gasteiger partial charge is 0.299 e. The van der Waals surface area contributed by atoms with Gasteiger partial charge in [-0.3, -0.25) is 14.5 Å². The molecule has 1 aromatic carbocycles. The maximum absolute atomic E-state index is 13.6. The van der Waals surface area contributed by atoms with Crippen LogP contribution in [0.3, 0.4) is 0 Å². The van der Waals surface area contributed by atoms with Crippen molar-refractivity contribution in [2.45, 2.75) is 19.9 Å². The Balaban J connectivity index is 1.99. The van der Waals surface area contributed by atoms with Gasteiger partial charge in [-0.25, -0.2) is 9.37 Å². The number of Topliss-reactive ketones (excluding diaryl/α,β-unsaturated/α-hetero) is 1. The number of fused-ring (bicyclic) bond motifs is 1. The van der Waals surface area contributed by atoms with E-state index in [0.29, 0.717) is 5.69 Å². The first kappa shape index (κ1) is 14.2. The van der Waals surface area contributed by atoms with Gasteiger partial charge in [0.1, 0.15) is 5.82 Å². The number of hydrogen-bond donors (Lipinski definition) is 0. The summed E-state index contributed by atoms with van der Waals surface area (Å²) < 4.78 is 13.6. The van der Waals surface area contributed by atoms with Crippen molar-refractivity contribution in [1.29, 1.82) is 0 Å². The number of thiazole rings is 1. The zero-order valence-electron chi connectivity index (χ0n) is 11.0. The zero-order chi connectivity index (χ0) is 15.1. The second-order valence-electron chi connectivity index (χ2n) is 4.59. The molecule has 0 N–H and O–H groups in total. The first-order chi connectivity index (χ1) is 10.0.